The van der Waals surface area contributed by atoms with Gasteiger partial charge < -0.3 is 4.90 Å². The van der Waals surface area contributed by atoms with Crippen LogP contribution in [0.25, 0.3) is 10.2 Å². The van der Waals surface area contributed by atoms with Crippen molar-refractivity contribution in [2.45, 2.75) is 12.8 Å². The molecule has 4 rings (SSSR count). The Labute approximate surface area is 154 Å². The van der Waals surface area contributed by atoms with Crippen LogP contribution in [0.4, 0.5) is 10.8 Å². The van der Waals surface area contributed by atoms with E-state index in [-0.39, 0.29) is 5.92 Å². The molecule has 0 saturated carbocycles. The first-order chi connectivity index (χ1) is 12.8. The second kappa shape index (κ2) is 7.56. The molecule has 1 N–H and O–H groups in total. The molecule has 3 aromatic rings. The molecule has 0 spiro atoms. The van der Waals surface area contributed by atoms with Crippen molar-refractivity contribution in [1.29, 1.82) is 5.26 Å². The quantitative estimate of drug-likeness (QED) is 0.543. The molecule has 0 aliphatic carbocycles. The van der Waals surface area contributed by atoms with Gasteiger partial charge in [-0.1, -0.05) is 28.5 Å². The first-order valence-electron chi connectivity index (χ1n) is 8.38. The number of anilines is 2. The minimum atomic E-state index is 0.129. The van der Waals surface area contributed by atoms with Crippen molar-refractivity contribution in [2.75, 3.05) is 23.5 Å². The second-order valence-corrected chi connectivity index (χ2v) is 7.00. The fraction of sp³-hybridized carbons (Fsp3) is 0.278. The monoisotopic (exact) mass is 367 g/mol. The molecule has 132 valence electrons. The molecule has 26 heavy (non-hydrogen) atoms. The van der Waals surface area contributed by atoms with Crippen LogP contribution in [0.3, 0.4) is 0 Å². The fourth-order valence-corrected chi connectivity index (χ4v) is 3.74. The molecule has 2 aromatic heterocycles. The topological polar surface area (TPSA) is 83.3 Å². The average molecular weight is 367 g/mol. The lowest BCUT2D eigenvalue weighted by molar-refractivity contribution is -0.181. The van der Waals surface area contributed by atoms with Gasteiger partial charge in [0.25, 0.3) is 5.88 Å². The van der Waals surface area contributed by atoms with Gasteiger partial charge in [0.2, 0.25) is 5.13 Å². The Morgan fingerprint density at radius 2 is 2.04 bits per heavy atom. The van der Waals surface area contributed by atoms with Crippen molar-refractivity contribution in [1.82, 2.24) is 9.97 Å². The Kier molecular flexibility index (Phi) is 4.82. The van der Waals surface area contributed by atoms with Crippen molar-refractivity contribution in [2.24, 2.45) is 5.92 Å². The van der Waals surface area contributed by atoms with E-state index < -0.39 is 0 Å². The number of fused-ring (bicyclic) bond motifs is 1. The molecule has 1 aromatic carbocycles. The van der Waals surface area contributed by atoms with E-state index in [2.05, 4.69) is 26.4 Å². The van der Waals surface area contributed by atoms with E-state index in [1.54, 1.807) is 6.20 Å². The summed E-state index contributed by atoms with van der Waals surface area (Å²) in [6, 6.07) is 14.0. The van der Waals surface area contributed by atoms with Crippen molar-refractivity contribution in [3.05, 3.63) is 42.6 Å². The molecule has 1 saturated heterocycles. The molecule has 1 aliphatic heterocycles. The maximum Gasteiger partial charge on any atom is 0.282 e. The van der Waals surface area contributed by atoms with Gasteiger partial charge >= 0.3 is 0 Å². The number of nitrogens with one attached hydrogen (secondary N) is 1. The van der Waals surface area contributed by atoms with E-state index in [4.69, 9.17) is 15.1 Å². The van der Waals surface area contributed by atoms with E-state index in [0.29, 0.717) is 11.0 Å². The molecule has 7 nitrogen and oxygen atoms in total. The number of thiazole rings is 1. The summed E-state index contributed by atoms with van der Waals surface area (Å²) in [6.07, 6.45) is 3.34. The SMILES string of the molecule is N#CC1CCN(c2cccnc2OONc2nc3ccccc3s2)CC1. The van der Waals surface area contributed by atoms with E-state index in [9.17, 15) is 0 Å². The largest absolute Gasteiger partial charge is 0.367 e. The summed E-state index contributed by atoms with van der Waals surface area (Å²) in [6.45, 7) is 1.59. The van der Waals surface area contributed by atoms with Gasteiger partial charge in [-0.15, -0.1) is 0 Å². The van der Waals surface area contributed by atoms with E-state index in [0.717, 1.165) is 41.8 Å². The summed E-state index contributed by atoms with van der Waals surface area (Å²) in [5.41, 5.74) is 4.47. The lowest BCUT2D eigenvalue weighted by Crippen LogP contribution is -2.33. The van der Waals surface area contributed by atoms with Gasteiger partial charge in [-0.2, -0.15) is 10.7 Å². The number of benzene rings is 1. The molecule has 1 aliphatic rings. The van der Waals surface area contributed by atoms with Gasteiger partial charge in [-0.3, -0.25) is 4.89 Å². The Balaban J connectivity index is 1.40. The standard InChI is InChI=1S/C18H17N5O2S/c19-12-13-7-10-23(11-8-13)15-5-3-9-20-17(15)24-25-22-18-21-14-4-1-2-6-16(14)26-18/h1-6,9,13H,7-8,10-11H2,(H,21,22). The number of rotatable bonds is 5. The van der Waals surface area contributed by atoms with Crippen LogP contribution in [-0.4, -0.2) is 23.1 Å². The number of aromatic nitrogens is 2. The lowest BCUT2D eigenvalue weighted by Gasteiger charge is -2.31. The smallest absolute Gasteiger partial charge is 0.282 e. The van der Waals surface area contributed by atoms with Crippen molar-refractivity contribution in [3.63, 3.8) is 0 Å². The Hall–Kier alpha value is -2.89. The lowest BCUT2D eigenvalue weighted by atomic mass is 9.98. The maximum absolute atomic E-state index is 9.04. The third-order valence-electron chi connectivity index (χ3n) is 4.31. The highest BCUT2D eigenvalue weighted by Crippen LogP contribution is 2.30. The molecule has 0 radical (unpaired) electrons. The molecule has 8 heteroatoms. The summed E-state index contributed by atoms with van der Waals surface area (Å²) in [5.74, 6) is 0.515. The highest BCUT2D eigenvalue weighted by Gasteiger charge is 2.22. The van der Waals surface area contributed by atoms with Crippen molar-refractivity contribution < 1.29 is 9.88 Å². The fourth-order valence-electron chi connectivity index (χ4n) is 2.95. The number of nitriles is 1. The van der Waals surface area contributed by atoms with Gasteiger partial charge in [-0.25, -0.2) is 9.97 Å². The van der Waals surface area contributed by atoms with Crippen molar-refractivity contribution >= 4 is 32.4 Å². The van der Waals surface area contributed by atoms with E-state index >= 15 is 0 Å². The first kappa shape index (κ1) is 16.6. The van der Waals surface area contributed by atoms with Crippen molar-refractivity contribution in [3.8, 4) is 11.9 Å². The number of nitrogens with zero attached hydrogens (tertiary/aromatic N) is 4. The normalized spacial score (nSPS) is 15.0. The number of pyridine rings is 1. The average Bonchev–Trinajstić information content (AvgIpc) is 3.11. The van der Waals surface area contributed by atoms with E-state index in [1.807, 2.05) is 36.4 Å². The molecule has 0 atom stereocenters. The number of hydrogen-bond donors (Lipinski definition) is 1. The minimum Gasteiger partial charge on any atom is -0.367 e. The van der Waals surface area contributed by atoms with Crippen LogP contribution in [0.1, 0.15) is 12.8 Å². The highest BCUT2D eigenvalue weighted by molar-refractivity contribution is 7.22. The summed E-state index contributed by atoms with van der Waals surface area (Å²) < 4.78 is 1.07. The van der Waals surface area contributed by atoms with Crippen LogP contribution in [-0.2, 0) is 4.99 Å². The Morgan fingerprint density at radius 1 is 1.19 bits per heavy atom. The van der Waals surface area contributed by atoms with Crippen LogP contribution in [0.2, 0.25) is 0 Å². The minimum absolute atomic E-state index is 0.129. The van der Waals surface area contributed by atoms with Crippen LogP contribution >= 0.6 is 11.3 Å². The third-order valence-corrected chi connectivity index (χ3v) is 5.25. The number of piperidine rings is 1. The van der Waals surface area contributed by atoms with Gasteiger partial charge in [0, 0.05) is 25.2 Å². The third kappa shape index (κ3) is 3.54. The van der Waals surface area contributed by atoms with Crippen LogP contribution < -0.4 is 15.3 Å². The van der Waals surface area contributed by atoms with E-state index in [1.165, 1.54) is 11.3 Å². The molecule has 1 fully saturated rings. The predicted molar refractivity (Wildman–Crippen MR) is 99.7 cm³/mol. The van der Waals surface area contributed by atoms with Gasteiger partial charge in [0.15, 0.2) is 0 Å². The van der Waals surface area contributed by atoms with Crippen LogP contribution in [0, 0.1) is 17.2 Å². The van der Waals surface area contributed by atoms with Gasteiger partial charge in [-0.05, 0) is 37.1 Å². The molecule has 0 unspecified atom stereocenters. The summed E-state index contributed by atoms with van der Waals surface area (Å²) in [4.78, 5) is 21.4. The number of hydrogen-bond acceptors (Lipinski definition) is 8. The summed E-state index contributed by atoms with van der Waals surface area (Å²) in [5, 5.41) is 9.65. The zero-order valence-electron chi connectivity index (χ0n) is 14.0. The molecule has 3 heterocycles. The zero-order valence-corrected chi connectivity index (χ0v) is 14.8. The van der Waals surface area contributed by atoms with Gasteiger partial charge in [0.05, 0.1) is 16.3 Å². The van der Waals surface area contributed by atoms with Crippen LogP contribution in [0.15, 0.2) is 42.6 Å². The molecular formula is C18H17N5O2S. The first-order valence-corrected chi connectivity index (χ1v) is 9.20. The number of para-hydroxylation sites is 1. The van der Waals surface area contributed by atoms with Crippen LogP contribution in [0.5, 0.6) is 5.88 Å². The Bertz CT molecular complexity index is 897. The summed E-state index contributed by atoms with van der Waals surface area (Å²) >= 11 is 1.48. The zero-order chi connectivity index (χ0) is 17.8. The predicted octanol–water partition coefficient (Wildman–Crippen LogP) is 3.77. The molecule has 0 amide bonds. The molecule has 0 bridgehead atoms. The Morgan fingerprint density at radius 3 is 2.85 bits per heavy atom. The molecular weight excluding hydrogens is 350 g/mol. The highest BCUT2D eigenvalue weighted by atomic mass is 32.1. The second-order valence-electron chi connectivity index (χ2n) is 5.97. The maximum atomic E-state index is 9.04. The van der Waals surface area contributed by atoms with Gasteiger partial charge in [0.1, 0.15) is 5.69 Å². The summed E-state index contributed by atoms with van der Waals surface area (Å²) in [7, 11) is 0.